The molecule has 0 spiro atoms. The van der Waals surface area contributed by atoms with Gasteiger partial charge < -0.3 is 35.9 Å². The minimum absolute atomic E-state index is 0. The number of aromatic nitrogens is 4. The molecule has 45 heavy (non-hydrogen) atoms. The SMILES string of the molecule is C.C1CCCNCC1.C1CCOC1.COC(=O)c1nc(Cl)c(Cl)nc1N.COC(=O)c1nc(Cl)c(N2CCCCCC2)nc1N. The fourth-order valence-corrected chi connectivity index (χ4v) is 4.80. The average Bonchev–Trinajstić information content (AvgIpc) is 3.30. The van der Waals surface area contributed by atoms with Crippen LogP contribution in [0.15, 0.2) is 0 Å². The lowest BCUT2D eigenvalue weighted by Gasteiger charge is -2.22. The number of ether oxygens (including phenoxy) is 3. The fraction of sp³-hybridized carbons (Fsp3) is 0.655. The van der Waals surface area contributed by atoms with Crippen LogP contribution < -0.4 is 21.7 Å². The van der Waals surface area contributed by atoms with Crippen LogP contribution in [0, 0.1) is 0 Å². The van der Waals surface area contributed by atoms with E-state index in [1.165, 1.54) is 78.7 Å². The highest BCUT2D eigenvalue weighted by atomic mass is 35.5. The molecule has 5 N–H and O–H groups in total. The van der Waals surface area contributed by atoms with Crippen LogP contribution in [0.25, 0.3) is 0 Å². The Morgan fingerprint density at radius 3 is 1.60 bits per heavy atom. The number of nitrogens with zero attached hydrogens (tertiary/aromatic N) is 5. The maximum absolute atomic E-state index is 11.5. The second kappa shape index (κ2) is 22.7. The monoisotopic (exact) mass is 692 g/mol. The molecule has 0 amide bonds. The number of hydrogen-bond acceptors (Lipinski definition) is 13. The summed E-state index contributed by atoms with van der Waals surface area (Å²) in [5.74, 6) is -0.844. The van der Waals surface area contributed by atoms with Crippen molar-refractivity contribution in [3.8, 4) is 0 Å². The Bertz CT molecular complexity index is 1160. The first-order valence-corrected chi connectivity index (χ1v) is 15.8. The highest BCUT2D eigenvalue weighted by Crippen LogP contribution is 2.27. The molecule has 0 atom stereocenters. The van der Waals surface area contributed by atoms with E-state index in [1.54, 1.807) is 0 Å². The van der Waals surface area contributed by atoms with Crippen molar-refractivity contribution in [1.29, 1.82) is 0 Å². The zero-order chi connectivity index (χ0) is 32.3. The summed E-state index contributed by atoms with van der Waals surface area (Å²) in [5.41, 5.74) is 10.9. The van der Waals surface area contributed by atoms with Gasteiger partial charge in [0.1, 0.15) is 0 Å². The van der Waals surface area contributed by atoms with Gasteiger partial charge in [-0.3, -0.25) is 0 Å². The number of esters is 2. The summed E-state index contributed by atoms with van der Waals surface area (Å²) in [6.45, 7) is 6.26. The molecule has 5 rings (SSSR count). The molecular weight excluding hydrogens is 647 g/mol. The number of hydrogen-bond donors (Lipinski definition) is 3. The van der Waals surface area contributed by atoms with E-state index in [0.717, 1.165) is 39.1 Å². The predicted molar refractivity (Wildman–Crippen MR) is 179 cm³/mol. The molecule has 5 heterocycles. The Hall–Kier alpha value is -2.71. The fourth-order valence-electron chi connectivity index (χ4n) is 4.29. The second-order valence-corrected chi connectivity index (χ2v) is 11.1. The molecule has 2 aromatic rings. The topological polar surface area (TPSA) is 181 Å². The van der Waals surface area contributed by atoms with E-state index in [2.05, 4.69) is 39.6 Å². The van der Waals surface area contributed by atoms with Crippen LogP contribution in [0.1, 0.15) is 92.6 Å². The van der Waals surface area contributed by atoms with Crippen molar-refractivity contribution in [3.05, 3.63) is 26.8 Å². The van der Waals surface area contributed by atoms with Crippen molar-refractivity contribution in [3.63, 3.8) is 0 Å². The summed E-state index contributed by atoms with van der Waals surface area (Å²) in [6, 6.07) is 0. The van der Waals surface area contributed by atoms with Crippen molar-refractivity contribution in [1.82, 2.24) is 25.3 Å². The lowest BCUT2D eigenvalue weighted by Crippen LogP contribution is -2.26. The zero-order valence-electron chi connectivity index (χ0n) is 25.4. The Kier molecular flexibility index (Phi) is 20.4. The van der Waals surface area contributed by atoms with E-state index in [4.69, 9.17) is 51.0 Å². The first-order valence-electron chi connectivity index (χ1n) is 14.7. The Balaban J connectivity index is 0.000000334. The number of nitrogens with two attached hydrogens (primary N) is 2. The van der Waals surface area contributed by atoms with Crippen molar-refractivity contribution in [2.45, 2.75) is 71.6 Å². The average molecular weight is 694 g/mol. The number of halogens is 3. The molecule has 0 unspecified atom stereocenters. The maximum atomic E-state index is 11.5. The molecule has 3 fully saturated rings. The number of nitrogen functional groups attached to an aromatic ring is 2. The normalized spacial score (nSPS) is 16.0. The van der Waals surface area contributed by atoms with Crippen LogP contribution in [-0.4, -0.2) is 85.5 Å². The van der Waals surface area contributed by atoms with Crippen LogP contribution in [0.2, 0.25) is 15.5 Å². The van der Waals surface area contributed by atoms with Crippen LogP contribution >= 0.6 is 34.8 Å². The van der Waals surface area contributed by atoms with E-state index in [0.29, 0.717) is 5.82 Å². The quantitative estimate of drug-likeness (QED) is 0.338. The number of nitrogens with one attached hydrogen (secondary N) is 1. The van der Waals surface area contributed by atoms with Gasteiger partial charge >= 0.3 is 11.9 Å². The smallest absolute Gasteiger partial charge is 0.360 e. The van der Waals surface area contributed by atoms with Gasteiger partial charge in [0.25, 0.3) is 0 Å². The Morgan fingerprint density at radius 2 is 1.13 bits per heavy atom. The van der Waals surface area contributed by atoms with E-state index in [1.807, 2.05) is 0 Å². The van der Waals surface area contributed by atoms with Crippen molar-refractivity contribution in [2.24, 2.45) is 0 Å². The number of rotatable bonds is 3. The highest BCUT2D eigenvalue weighted by Gasteiger charge is 2.21. The molecule has 16 heteroatoms. The number of anilines is 3. The zero-order valence-corrected chi connectivity index (χ0v) is 27.6. The van der Waals surface area contributed by atoms with E-state index >= 15 is 0 Å². The van der Waals surface area contributed by atoms with Gasteiger partial charge in [-0.25, -0.2) is 29.5 Å². The van der Waals surface area contributed by atoms with Gasteiger partial charge in [-0.1, -0.05) is 67.9 Å². The first kappa shape index (κ1) is 40.3. The van der Waals surface area contributed by atoms with Crippen LogP contribution in [-0.2, 0) is 14.2 Å². The molecule has 0 bridgehead atoms. The van der Waals surface area contributed by atoms with E-state index in [-0.39, 0.29) is 45.9 Å². The third kappa shape index (κ3) is 14.5. The molecule has 3 saturated heterocycles. The molecule has 13 nitrogen and oxygen atoms in total. The van der Waals surface area contributed by atoms with Crippen LogP contribution in [0.5, 0.6) is 0 Å². The van der Waals surface area contributed by atoms with Crippen LogP contribution in [0.3, 0.4) is 0 Å². The van der Waals surface area contributed by atoms with E-state index in [9.17, 15) is 9.59 Å². The Morgan fingerprint density at radius 1 is 0.689 bits per heavy atom. The third-order valence-electron chi connectivity index (χ3n) is 6.65. The molecule has 254 valence electrons. The minimum atomic E-state index is -0.705. The summed E-state index contributed by atoms with van der Waals surface area (Å²) in [6.07, 6.45) is 12.8. The summed E-state index contributed by atoms with van der Waals surface area (Å²) >= 11 is 17.1. The number of carbonyl (C=O) groups excluding carboxylic acids is 2. The summed E-state index contributed by atoms with van der Waals surface area (Å²) < 4.78 is 13.9. The lowest BCUT2D eigenvalue weighted by molar-refractivity contribution is 0.0586. The summed E-state index contributed by atoms with van der Waals surface area (Å²) in [4.78, 5) is 39.9. The third-order valence-corrected chi connectivity index (χ3v) is 7.53. The number of carbonyl (C=O) groups is 2. The van der Waals surface area contributed by atoms with Crippen molar-refractivity contribution >= 4 is 64.2 Å². The molecular formula is C29H47Cl3N8O5. The van der Waals surface area contributed by atoms with Crippen molar-refractivity contribution < 1.29 is 23.8 Å². The van der Waals surface area contributed by atoms with E-state index < -0.39 is 11.9 Å². The molecule has 0 aromatic carbocycles. The molecule has 3 aliphatic heterocycles. The number of methoxy groups -OCH3 is 2. The van der Waals surface area contributed by atoms with Gasteiger partial charge in [-0.15, -0.1) is 0 Å². The van der Waals surface area contributed by atoms with Gasteiger partial charge in [0.05, 0.1) is 14.2 Å². The summed E-state index contributed by atoms with van der Waals surface area (Å²) in [5, 5.41) is 3.40. The molecule has 0 saturated carbocycles. The lowest BCUT2D eigenvalue weighted by atomic mass is 10.2. The standard InChI is InChI=1S/C12H17ClN4O2.C6H5Cl2N3O2.C6H13N.C4H8O.CH4/c1-19-12(18)8-10(14)16-11(9(13)15-8)17-6-4-2-3-5-7-17;1-13-6(12)2-5(9)11-4(8)3(7)10-2;1-2-4-6-7-5-3-1;1-2-4-5-3-1;/h2-7H2,1H3,(H2,14,16);1H3,(H2,9,11);7H,1-6H2;1-4H2;1H4. The maximum Gasteiger partial charge on any atom is 0.360 e. The Labute approximate surface area is 281 Å². The highest BCUT2D eigenvalue weighted by molar-refractivity contribution is 6.40. The van der Waals surface area contributed by atoms with Gasteiger partial charge in [0, 0.05) is 26.3 Å². The molecule has 0 radical (unpaired) electrons. The largest absolute Gasteiger partial charge is 0.464 e. The van der Waals surface area contributed by atoms with Gasteiger partial charge in [-0.2, -0.15) is 0 Å². The molecule has 3 aliphatic rings. The van der Waals surface area contributed by atoms with Crippen molar-refractivity contribution in [2.75, 3.05) is 70.0 Å². The van der Waals surface area contributed by atoms with Gasteiger partial charge in [-0.05, 0) is 51.6 Å². The van der Waals surface area contributed by atoms with Crippen LogP contribution in [0.4, 0.5) is 17.5 Å². The summed E-state index contributed by atoms with van der Waals surface area (Å²) in [7, 11) is 2.46. The molecule has 2 aromatic heterocycles. The molecule has 0 aliphatic carbocycles. The van der Waals surface area contributed by atoms with Gasteiger partial charge in [0.2, 0.25) is 0 Å². The predicted octanol–water partition coefficient (Wildman–Crippen LogP) is 5.61. The van der Waals surface area contributed by atoms with Gasteiger partial charge in [0.15, 0.2) is 44.3 Å². The first-order chi connectivity index (χ1) is 21.2. The second-order valence-electron chi connectivity index (χ2n) is 9.98. The minimum Gasteiger partial charge on any atom is -0.464 e.